The molecule has 4 atom stereocenters. The fourth-order valence-electron chi connectivity index (χ4n) is 7.06. The molecule has 4 rings (SSSR count). The molecule has 0 aliphatic carbocycles. The molecule has 1 fully saturated rings. The Morgan fingerprint density at radius 3 is 2.02 bits per heavy atom. The van der Waals surface area contributed by atoms with Gasteiger partial charge in [-0.3, -0.25) is 4.79 Å². The molecule has 3 aromatic rings. The Morgan fingerprint density at radius 1 is 0.780 bits per heavy atom. The molecule has 6 heteroatoms. The number of likely N-dealkylation sites (N-methyl/N-ethyl adjacent to an activating group) is 1. The van der Waals surface area contributed by atoms with E-state index in [0.717, 1.165) is 47.3 Å². The summed E-state index contributed by atoms with van der Waals surface area (Å²) < 4.78 is 13.7. The van der Waals surface area contributed by atoms with Crippen molar-refractivity contribution in [2.45, 2.75) is 128 Å². The van der Waals surface area contributed by atoms with Crippen molar-refractivity contribution in [3.63, 3.8) is 0 Å². The Bertz CT molecular complexity index is 1380. The topological polar surface area (TPSA) is 71.0 Å². The average molecular weight is 683 g/mol. The summed E-state index contributed by atoms with van der Waals surface area (Å²) in [4.78, 5) is 15.1. The standard InChI is InChI=1S/C44H62N2O4/c1-4-6-7-8-9-10-11-12-13-14-15-16-20-26-41(48)45-39-25-21-24-38(32-39)44-49-40(33-46(3)31-5-2)42(36-22-18-17-19-23-36)43(50-44)37-29-27-35(34-47)28-30-37/h5,17-19,21-25,27-30,32,40,42-44,47H,2,4,6-16,20,26,31,33-34H2,1,3H3,(H,45,48). The number of nitrogens with zero attached hydrogens (tertiary/aromatic N) is 1. The molecule has 0 saturated carbocycles. The van der Waals surface area contributed by atoms with Crippen molar-refractivity contribution >= 4 is 11.6 Å². The Hall–Kier alpha value is -3.29. The first-order valence-corrected chi connectivity index (χ1v) is 19.3. The molecule has 1 saturated heterocycles. The third kappa shape index (κ3) is 13.1. The van der Waals surface area contributed by atoms with Gasteiger partial charge in [0.05, 0.1) is 18.8 Å². The van der Waals surface area contributed by atoms with E-state index in [1.807, 2.05) is 60.7 Å². The third-order valence-corrected chi connectivity index (χ3v) is 9.85. The van der Waals surface area contributed by atoms with Crippen molar-refractivity contribution in [3.8, 4) is 0 Å². The molecular weight excluding hydrogens is 620 g/mol. The number of amides is 1. The predicted octanol–water partition coefficient (Wildman–Crippen LogP) is 10.7. The maximum Gasteiger partial charge on any atom is 0.224 e. The van der Waals surface area contributed by atoms with Crippen LogP contribution in [-0.4, -0.2) is 42.2 Å². The normalized spacial score (nSPS) is 19.0. The summed E-state index contributed by atoms with van der Waals surface area (Å²) in [5, 5.41) is 12.8. The quantitative estimate of drug-likeness (QED) is 0.0769. The highest BCUT2D eigenvalue weighted by atomic mass is 16.7. The first kappa shape index (κ1) is 39.5. The predicted molar refractivity (Wildman–Crippen MR) is 206 cm³/mol. The molecule has 4 unspecified atom stereocenters. The van der Waals surface area contributed by atoms with Crippen LogP contribution in [0.4, 0.5) is 5.69 Å². The van der Waals surface area contributed by atoms with E-state index in [-0.39, 0.29) is 30.6 Å². The lowest BCUT2D eigenvalue weighted by atomic mass is 9.83. The van der Waals surface area contributed by atoms with E-state index in [4.69, 9.17) is 9.47 Å². The van der Waals surface area contributed by atoms with Gasteiger partial charge in [-0.05, 0) is 42.3 Å². The smallest absolute Gasteiger partial charge is 0.224 e. The summed E-state index contributed by atoms with van der Waals surface area (Å²) in [7, 11) is 2.08. The third-order valence-electron chi connectivity index (χ3n) is 9.85. The van der Waals surface area contributed by atoms with Crippen LogP contribution in [0.5, 0.6) is 0 Å². The Kier molecular flexibility index (Phi) is 17.8. The molecule has 272 valence electrons. The fourth-order valence-corrected chi connectivity index (χ4v) is 7.06. The number of anilines is 1. The SMILES string of the molecule is C=CCN(C)CC1OC(c2cccc(NC(=O)CCCCCCCCCCCCCCC)c2)OC(c2ccc(CO)cc2)C1c1ccccc1. The van der Waals surface area contributed by atoms with Gasteiger partial charge in [-0.25, -0.2) is 0 Å². The van der Waals surface area contributed by atoms with Crippen molar-refractivity contribution in [3.05, 3.63) is 114 Å². The zero-order chi connectivity index (χ0) is 35.4. The number of rotatable bonds is 23. The van der Waals surface area contributed by atoms with Gasteiger partial charge < -0.3 is 24.8 Å². The molecule has 1 amide bonds. The Labute approximate surface area is 302 Å². The van der Waals surface area contributed by atoms with Crippen molar-refractivity contribution < 1.29 is 19.4 Å². The first-order chi connectivity index (χ1) is 24.5. The zero-order valence-electron chi connectivity index (χ0n) is 30.7. The summed E-state index contributed by atoms with van der Waals surface area (Å²) >= 11 is 0. The van der Waals surface area contributed by atoms with Crippen LogP contribution in [0.15, 0.2) is 91.5 Å². The monoisotopic (exact) mass is 682 g/mol. The number of hydrogen-bond donors (Lipinski definition) is 2. The minimum atomic E-state index is -0.627. The molecule has 3 aromatic carbocycles. The van der Waals surface area contributed by atoms with Gasteiger partial charge in [-0.1, -0.05) is 157 Å². The summed E-state index contributed by atoms with van der Waals surface area (Å²) in [6.45, 7) is 7.63. The number of aliphatic hydroxyl groups excluding tert-OH is 1. The number of benzene rings is 3. The summed E-state index contributed by atoms with van der Waals surface area (Å²) in [6, 6.07) is 26.3. The molecular formula is C44H62N2O4. The molecule has 1 aliphatic rings. The molecule has 6 nitrogen and oxygen atoms in total. The van der Waals surface area contributed by atoms with Crippen LogP contribution in [0.25, 0.3) is 0 Å². The van der Waals surface area contributed by atoms with Crippen LogP contribution in [0.1, 0.15) is 137 Å². The minimum Gasteiger partial charge on any atom is -0.392 e. The van der Waals surface area contributed by atoms with E-state index >= 15 is 0 Å². The van der Waals surface area contributed by atoms with E-state index in [2.05, 4.69) is 55.0 Å². The van der Waals surface area contributed by atoms with E-state index in [1.165, 1.54) is 70.6 Å². The largest absolute Gasteiger partial charge is 0.392 e. The van der Waals surface area contributed by atoms with Gasteiger partial charge >= 0.3 is 0 Å². The van der Waals surface area contributed by atoms with Gasteiger partial charge in [0, 0.05) is 36.7 Å². The summed E-state index contributed by atoms with van der Waals surface area (Å²) in [6.07, 6.45) is 18.1. The lowest BCUT2D eigenvalue weighted by Gasteiger charge is -2.44. The highest BCUT2D eigenvalue weighted by molar-refractivity contribution is 5.90. The van der Waals surface area contributed by atoms with Gasteiger partial charge in [-0.2, -0.15) is 0 Å². The van der Waals surface area contributed by atoms with Gasteiger partial charge in [-0.15, -0.1) is 6.58 Å². The Balaban J connectivity index is 1.35. The number of carbonyl (C=O) groups is 1. The molecule has 0 radical (unpaired) electrons. The molecule has 2 N–H and O–H groups in total. The molecule has 0 spiro atoms. The van der Waals surface area contributed by atoms with Crippen LogP contribution in [0.3, 0.4) is 0 Å². The van der Waals surface area contributed by atoms with E-state index in [1.54, 1.807) is 0 Å². The molecule has 1 heterocycles. The summed E-state index contributed by atoms with van der Waals surface area (Å²) in [5.74, 6) is -0.0199. The number of ether oxygens (including phenoxy) is 2. The number of nitrogens with one attached hydrogen (secondary N) is 1. The maximum atomic E-state index is 12.9. The molecule has 50 heavy (non-hydrogen) atoms. The first-order valence-electron chi connectivity index (χ1n) is 19.3. The number of aliphatic hydroxyl groups is 1. The van der Waals surface area contributed by atoms with Crippen molar-refractivity contribution in [1.29, 1.82) is 0 Å². The van der Waals surface area contributed by atoms with Crippen molar-refractivity contribution in [2.75, 3.05) is 25.5 Å². The van der Waals surface area contributed by atoms with Gasteiger partial charge in [0.15, 0.2) is 6.29 Å². The highest BCUT2D eigenvalue weighted by Crippen LogP contribution is 2.47. The second-order valence-corrected chi connectivity index (χ2v) is 14.1. The maximum absolute atomic E-state index is 12.9. The Morgan fingerprint density at radius 2 is 1.40 bits per heavy atom. The van der Waals surface area contributed by atoms with E-state index in [9.17, 15) is 9.90 Å². The van der Waals surface area contributed by atoms with Crippen LogP contribution in [-0.2, 0) is 20.9 Å². The average Bonchev–Trinajstić information content (AvgIpc) is 3.14. The van der Waals surface area contributed by atoms with Crippen LogP contribution in [0.2, 0.25) is 0 Å². The van der Waals surface area contributed by atoms with E-state index < -0.39 is 6.29 Å². The second-order valence-electron chi connectivity index (χ2n) is 14.1. The number of hydrogen-bond acceptors (Lipinski definition) is 5. The fraction of sp³-hybridized carbons (Fsp3) is 0.523. The number of unbranched alkanes of at least 4 members (excludes halogenated alkanes) is 12. The second kappa shape index (κ2) is 22.5. The van der Waals surface area contributed by atoms with Gasteiger partial charge in [0.2, 0.25) is 5.91 Å². The minimum absolute atomic E-state index is 0.00744. The molecule has 0 bridgehead atoms. The van der Waals surface area contributed by atoms with Crippen LogP contribution >= 0.6 is 0 Å². The van der Waals surface area contributed by atoms with Gasteiger partial charge in [0.25, 0.3) is 0 Å². The lowest BCUT2D eigenvalue weighted by Crippen LogP contribution is -2.43. The summed E-state index contributed by atoms with van der Waals surface area (Å²) in [5.41, 5.74) is 4.65. The number of carbonyl (C=O) groups excluding carboxylic acids is 1. The molecule has 1 aliphatic heterocycles. The van der Waals surface area contributed by atoms with E-state index in [0.29, 0.717) is 13.0 Å². The van der Waals surface area contributed by atoms with Crippen molar-refractivity contribution in [2.24, 2.45) is 0 Å². The highest BCUT2D eigenvalue weighted by Gasteiger charge is 2.42. The lowest BCUT2D eigenvalue weighted by molar-refractivity contribution is -0.263. The van der Waals surface area contributed by atoms with Crippen molar-refractivity contribution in [1.82, 2.24) is 4.90 Å². The zero-order valence-corrected chi connectivity index (χ0v) is 30.7. The van der Waals surface area contributed by atoms with Crippen LogP contribution < -0.4 is 5.32 Å². The van der Waals surface area contributed by atoms with Gasteiger partial charge in [0.1, 0.15) is 0 Å². The molecule has 0 aromatic heterocycles. The van der Waals surface area contributed by atoms with Crippen LogP contribution in [0, 0.1) is 0 Å².